The Balaban J connectivity index is 1.55. The summed E-state index contributed by atoms with van der Waals surface area (Å²) < 4.78 is 0. The van der Waals surface area contributed by atoms with E-state index in [0.717, 1.165) is 0 Å². The third kappa shape index (κ3) is 2.23. The summed E-state index contributed by atoms with van der Waals surface area (Å²) in [5.41, 5.74) is 8.34. The molecule has 0 aliphatic rings. The zero-order valence-electron chi connectivity index (χ0n) is 27.9. The summed E-state index contributed by atoms with van der Waals surface area (Å²) in [4.78, 5) is 0. The molecule has 0 spiro atoms. The predicted octanol–water partition coefficient (Wildman–Crippen LogP) is 14.0. The Morgan fingerprint density at radius 1 is 0.188 bits per heavy atom. The molecule has 0 aliphatic carbocycles. The van der Waals surface area contributed by atoms with Gasteiger partial charge in [0.25, 0.3) is 0 Å². The van der Waals surface area contributed by atoms with Gasteiger partial charge in [-0.05, 0) is 204 Å². The van der Waals surface area contributed by atoms with Crippen LogP contribution in [-0.4, -0.2) is 0 Å². The first-order chi connectivity index (χ1) is 23.4. The molecule has 0 saturated carbocycles. The molecule has 0 saturated heterocycles. The lowest BCUT2D eigenvalue weighted by Crippen LogP contribution is -2.02. The van der Waals surface area contributed by atoms with Gasteiger partial charge in [0.2, 0.25) is 0 Å². The minimum Gasteiger partial charge on any atom is -0.0581 e. The summed E-state index contributed by atoms with van der Waals surface area (Å²) in [7, 11) is 0. The molecule has 0 radical (unpaired) electrons. The molecule has 0 heteroatoms. The van der Waals surface area contributed by atoms with Crippen LogP contribution < -0.4 is 0 Å². The maximum Gasteiger partial charge on any atom is -0.0000484 e. The van der Waals surface area contributed by atoms with Gasteiger partial charge in [0, 0.05) is 0 Å². The average Bonchev–Trinajstić information content (AvgIpc) is 3.08. The van der Waals surface area contributed by atoms with Gasteiger partial charge in [-0.15, -0.1) is 0 Å². The largest absolute Gasteiger partial charge is 0.0581 e. The van der Waals surface area contributed by atoms with Crippen LogP contribution >= 0.6 is 0 Å². The van der Waals surface area contributed by atoms with Crippen LogP contribution in [0.25, 0.3) is 129 Å². The van der Waals surface area contributed by atoms with Crippen LogP contribution in [0.3, 0.4) is 0 Å². The molecule has 0 atom stereocenters. The Kier molecular flexibility index (Phi) is 3.77. The lowest BCUT2D eigenvalue weighted by atomic mass is 9.73. The molecule has 0 unspecified atom stereocenters. The van der Waals surface area contributed by atoms with Crippen LogP contribution in [0.1, 0.15) is 33.4 Å². The van der Waals surface area contributed by atoms with E-state index in [1.165, 1.54) is 163 Å². The second-order valence-electron chi connectivity index (χ2n) is 15.3. The fraction of sp³-hybridized carbons (Fsp3) is 0.125. The smallest absolute Gasteiger partial charge is 0.0000484 e. The van der Waals surface area contributed by atoms with Crippen molar-refractivity contribution in [1.82, 2.24) is 0 Å². The molecule has 0 fully saturated rings. The molecule has 48 heavy (non-hydrogen) atoms. The molecular formula is C48H30. The van der Waals surface area contributed by atoms with Gasteiger partial charge in [0.1, 0.15) is 0 Å². The standard InChI is InChI=1S/C48H30/c1-19-7-11-25-29-15-16-31-27-13-9-21(3)35-24(6)36-22(4)10-14-28-32-18-17-30-26-12-8-20(2)34-23(5)33(19)37(25)45(38(26)34)47-41(29)43(31)48(44(32)42(30)47)46(39(27)35)40(28)36/h7-18H,1-6H3. The number of fused-ring (bicyclic) bond motifs is 4. The highest BCUT2D eigenvalue weighted by atomic mass is 14.3. The minimum absolute atomic E-state index is 1.37. The summed E-state index contributed by atoms with van der Waals surface area (Å²) in [5.74, 6) is 0. The Labute approximate surface area is 276 Å². The molecule has 0 amide bonds. The van der Waals surface area contributed by atoms with Crippen LogP contribution in [-0.2, 0) is 0 Å². The number of rotatable bonds is 0. The minimum atomic E-state index is 1.37. The van der Waals surface area contributed by atoms with E-state index in [1.807, 2.05) is 0 Å². The lowest BCUT2D eigenvalue weighted by molar-refractivity contribution is 1.47. The summed E-state index contributed by atoms with van der Waals surface area (Å²) in [5, 5.41) is 34.6. The van der Waals surface area contributed by atoms with Crippen LogP contribution in [0.5, 0.6) is 0 Å². The lowest BCUT2D eigenvalue weighted by Gasteiger charge is -2.29. The molecule has 0 nitrogen and oxygen atoms in total. The van der Waals surface area contributed by atoms with Crippen molar-refractivity contribution in [1.29, 1.82) is 0 Å². The molecule has 0 heterocycles. The van der Waals surface area contributed by atoms with Gasteiger partial charge >= 0.3 is 0 Å². The van der Waals surface area contributed by atoms with Crippen molar-refractivity contribution >= 4 is 129 Å². The van der Waals surface area contributed by atoms with Gasteiger partial charge in [-0.3, -0.25) is 0 Å². The molecule has 0 aliphatic heterocycles. The van der Waals surface area contributed by atoms with E-state index in [-0.39, 0.29) is 0 Å². The highest BCUT2D eigenvalue weighted by Crippen LogP contribution is 2.59. The second kappa shape index (κ2) is 7.33. The SMILES string of the molecule is Cc1ccc2c3ccc4c5ccc(C)c6c(C)c7c(C)ccc8c9ccc%10c%11ccc(C)c%12c(C)c1c2c(c%12%11)c1c3c4c(c9c%101)c(c65)c78. The van der Waals surface area contributed by atoms with Crippen LogP contribution in [0.2, 0.25) is 0 Å². The first kappa shape index (κ1) is 24.7. The van der Waals surface area contributed by atoms with Crippen molar-refractivity contribution in [3.63, 3.8) is 0 Å². The monoisotopic (exact) mass is 606 g/mol. The fourth-order valence-electron chi connectivity index (χ4n) is 11.6. The fourth-order valence-corrected chi connectivity index (χ4v) is 11.6. The quantitative estimate of drug-likeness (QED) is 0.119. The topological polar surface area (TPSA) is 0 Å². The molecule has 0 bridgehead atoms. The Bertz CT molecular complexity index is 3120. The number of hydrogen-bond donors (Lipinski definition) is 0. The van der Waals surface area contributed by atoms with E-state index in [1.54, 1.807) is 0 Å². The van der Waals surface area contributed by atoms with Gasteiger partial charge < -0.3 is 0 Å². The summed E-state index contributed by atoms with van der Waals surface area (Å²) >= 11 is 0. The number of aryl methyl sites for hydroxylation is 6. The zero-order chi connectivity index (χ0) is 31.8. The highest BCUT2D eigenvalue weighted by Gasteiger charge is 2.31. The van der Waals surface area contributed by atoms with E-state index in [9.17, 15) is 0 Å². The first-order valence-electron chi connectivity index (χ1n) is 17.5. The summed E-state index contributed by atoms with van der Waals surface area (Å²) in [6, 6.07) is 29.1. The maximum absolute atomic E-state index is 2.47. The van der Waals surface area contributed by atoms with Crippen molar-refractivity contribution < 1.29 is 0 Å². The van der Waals surface area contributed by atoms with Crippen LogP contribution in [0, 0.1) is 41.5 Å². The molecule has 13 aromatic rings. The van der Waals surface area contributed by atoms with Gasteiger partial charge in [0.15, 0.2) is 0 Å². The molecular weight excluding hydrogens is 577 g/mol. The molecule has 13 rings (SSSR count). The molecule has 0 aromatic heterocycles. The summed E-state index contributed by atoms with van der Waals surface area (Å²) in [6.45, 7) is 14.0. The Morgan fingerprint density at radius 3 is 0.562 bits per heavy atom. The van der Waals surface area contributed by atoms with Crippen molar-refractivity contribution in [2.45, 2.75) is 41.5 Å². The third-order valence-corrected chi connectivity index (χ3v) is 13.2. The van der Waals surface area contributed by atoms with E-state index in [0.29, 0.717) is 0 Å². The van der Waals surface area contributed by atoms with Crippen molar-refractivity contribution in [2.75, 3.05) is 0 Å². The highest BCUT2D eigenvalue weighted by molar-refractivity contribution is 6.59. The Morgan fingerprint density at radius 2 is 0.354 bits per heavy atom. The van der Waals surface area contributed by atoms with E-state index >= 15 is 0 Å². The van der Waals surface area contributed by atoms with Crippen molar-refractivity contribution in [2.24, 2.45) is 0 Å². The molecule has 0 N–H and O–H groups in total. The number of hydrogen-bond acceptors (Lipinski definition) is 0. The predicted molar refractivity (Wildman–Crippen MR) is 212 cm³/mol. The molecule has 13 aromatic carbocycles. The zero-order valence-corrected chi connectivity index (χ0v) is 27.9. The van der Waals surface area contributed by atoms with E-state index in [2.05, 4.69) is 114 Å². The van der Waals surface area contributed by atoms with E-state index < -0.39 is 0 Å². The van der Waals surface area contributed by atoms with Crippen LogP contribution in [0.15, 0.2) is 72.8 Å². The van der Waals surface area contributed by atoms with Crippen LogP contribution in [0.4, 0.5) is 0 Å². The average molecular weight is 607 g/mol. The van der Waals surface area contributed by atoms with Gasteiger partial charge in [-0.25, -0.2) is 0 Å². The first-order valence-corrected chi connectivity index (χ1v) is 17.5. The molecule has 222 valence electrons. The Hall–Kier alpha value is -5.46. The van der Waals surface area contributed by atoms with Gasteiger partial charge in [0.05, 0.1) is 0 Å². The summed E-state index contributed by atoms with van der Waals surface area (Å²) in [6.07, 6.45) is 0. The van der Waals surface area contributed by atoms with Gasteiger partial charge in [-0.1, -0.05) is 72.8 Å². The van der Waals surface area contributed by atoms with Crippen molar-refractivity contribution in [3.8, 4) is 0 Å². The maximum atomic E-state index is 2.47. The normalized spacial score (nSPS) is 13.6. The number of benzene rings is 13. The third-order valence-electron chi connectivity index (χ3n) is 13.2. The van der Waals surface area contributed by atoms with E-state index in [4.69, 9.17) is 0 Å². The van der Waals surface area contributed by atoms with Gasteiger partial charge in [-0.2, -0.15) is 0 Å². The van der Waals surface area contributed by atoms with Crippen molar-refractivity contribution in [3.05, 3.63) is 106 Å². The second-order valence-corrected chi connectivity index (χ2v) is 15.3.